The van der Waals surface area contributed by atoms with Gasteiger partial charge in [-0.25, -0.2) is 9.37 Å². The van der Waals surface area contributed by atoms with Crippen molar-refractivity contribution in [2.45, 2.75) is 13.1 Å². The number of nitrogens with zero attached hydrogens (tertiary/aromatic N) is 3. The van der Waals surface area contributed by atoms with E-state index in [-0.39, 0.29) is 29.8 Å². The molecule has 0 amide bonds. The number of benzene rings is 2. The van der Waals surface area contributed by atoms with Crippen LogP contribution in [-0.4, -0.2) is 32.1 Å². The van der Waals surface area contributed by atoms with Crippen LogP contribution in [-0.2, 0) is 13.1 Å². The molecule has 29 heavy (non-hydrogen) atoms. The number of hydrogen-bond donors (Lipinski definition) is 2. The first-order valence-electron chi connectivity index (χ1n) is 8.97. The van der Waals surface area contributed by atoms with Crippen LogP contribution in [0.25, 0.3) is 11.5 Å². The van der Waals surface area contributed by atoms with Gasteiger partial charge in [-0.1, -0.05) is 24.3 Å². The van der Waals surface area contributed by atoms with Crippen molar-refractivity contribution in [3.05, 3.63) is 71.9 Å². The van der Waals surface area contributed by atoms with Gasteiger partial charge in [0.1, 0.15) is 12.1 Å². The van der Waals surface area contributed by atoms with Gasteiger partial charge in [0.2, 0.25) is 5.89 Å². The molecule has 1 aromatic heterocycles. The number of rotatable bonds is 6. The minimum atomic E-state index is -0.247. The Morgan fingerprint density at radius 3 is 2.48 bits per heavy atom. The average molecular weight is 509 g/mol. The van der Waals surface area contributed by atoms with Crippen LogP contribution in [0.4, 0.5) is 10.1 Å². The van der Waals surface area contributed by atoms with Crippen molar-refractivity contribution in [1.82, 2.24) is 15.6 Å². The van der Waals surface area contributed by atoms with Crippen LogP contribution in [0.2, 0.25) is 0 Å². The molecule has 0 spiro atoms. The first kappa shape index (κ1) is 22.7. The third-order valence-electron chi connectivity index (χ3n) is 4.19. The van der Waals surface area contributed by atoms with Crippen LogP contribution < -0.4 is 15.5 Å². The molecule has 0 fully saturated rings. The Hall–Kier alpha value is -2.62. The molecule has 3 aromatic rings. The molecule has 0 saturated carbocycles. The molecule has 0 aliphatic heterocycles. The number of nitrogens with one attached hydrogen (secondary N) is 2. The van der Waals surface area contributed by atoms with Gasteiger partial charge in [0.05, 0.1) is 17.9 Å². The molecule has 0 bridgehead atoms. The van der Waals surface area contributed by atoms with Crippen molar-refractivity contribution in [3.63, 3.8) is 0 Å². The maximum atomic E-state index is 14.1. The van der Waals surface area contributed by atoms with E-state index in [1.807, 2.05) is 50.5 Å². The van der Waals surface area contributed by atoms with E-state index < -0.39 is 0 Å². The third-order valence-corrected chi connectivity index (χ3v) is 4.19. The first-order chi connectivity index (χ1) is 13.6. The van der Waals surface area contributed by atoms with Gasteiger partial charge in [-0.05, 0) is 29.8 Å². The molecule has 8 heteroatoms. The van der Waals surface area contributed by atoms with Gasteiger partial charge < -0.3 is 20.0 Å². The summed E-state index contributed by atoms with van der Waals surface area (Å²) in [5.41, 5.74) is 3.09. The van der Waals surface area contributed by atoms with E-state index in [2.05, 4.69) is 20.6 Å². The topological polar surface area (TPSA) is 65.7 Å². The van der Waals surface area contributed by atoms with Crippen molar-refractivity contribution < 1.29 is 8.81 Å². The summed E-state index contributed by atoms with van der Waals surface area (Å²) in [6.07, 6.45) is 1.62. The highest BCUT2D eigenvalue weighted by molar-refractivity contribution is 14.0. The number of hydrogen-bond acceptors (Lipinski definition) is 4. The fourth-order valence-corrected chi connectivity index (χ4v) is 2.71. The summed E-state index contributed by atoms with van der Waals surface area (Å²) in [6.45, 7) is 0.919. The Labute approximate surface area is 187 Å². The molecule has 0 aliphatic rings. The number of aliphatic imine (C=N–C) groups is 1. The number of halogens is 2. The van der Waals surface area contributed by atoms with Gasteiger partial charge in [0.15, 0.2) is 5.96 Å². The predicted molar refractivity (Wildman–Crippen MR) is 125 cm³/mol. The van der Waals surface area contributed by atoms with Gasteiger partial charge in [-0.3, -0.25) is 4.99 Å². The second-order valence-electron chi connectivity index (χ2n) is 6.47. The van der Waals surface area contributed by atoms with Crippen LogP contribution >= 0.6 is 24.0 Å². The molecule has 2 aromatic carbocycles. The van der Waals surface area contributed by atoms with Crippen molar-refractivity contribution in [2.24, 2.45) is 4.99 Å². The number of oxazole rings is 1. The highest BCUT2D eigenvalue weighted by atomic mass is 127. The van der Waals surface area contributed by atoms with Gasteiger partial charge >= 0.3 is 0 Å². The van der Waals surface area contributed by atoms with Crippen LogP contribution in [0.15, 0.2) is 64.2 Å². The lowest BCUT2D eigenvalue weighted by Crippen LogP contribution is -2.36. The zero-order chi connectivity index (χ0) is 19.9. The van der Waals surface area contributed by atoms with Crippen LogP contribution in [0.1, 0.15) is 11.3 Å². The standard InChI is InChI=1S/C21H24FN5O.HI/c1-23-21(24-12-15-9-10-19(27(2)3)18(22)11-15)25-13-17-14-28-20(26-17)16-7-5-4-6-8-16;/h4-11,14H,12-13H2,1-3H3,(H2,23,24,25);1H. The molecule has 0 unspecified atom stereocenters. The second-order valence-corrected chi connectivity index (χ2v) is 6.47. The predicted octanol–water partition coefficient (Wildman–Crippen LogP) is 4.03. The third kappa shape index (κ3) is 6.18. The van der Waals surface area contributed by atoms with Gasteiger partial charge in [0.25, 0.3) is 0 Å². The highest BCUT2D eigenvalue weighted by Crippen LogP contribution is 2.19. The summed E-state index contributed by atoms with van der Waals surface area (Å²) in [6, 6.07) is 14.9. The second kappa shape index (κ2) is 10.8. The summed E-state index contributed by atoms with van der Waals surface area (Å²) >= 11 is 0. The first-order valence-corrected chi connectivity index (χ1v) is 8.97. The highest BCUT2D eigenvalue weighted by Gasteiger charge is 2.08. The van der Waals surface area contributed by atoms with E-state index >= 15 is 0 Å². The molecule has 0 saturated heterocycles. The lowest BCUT2D eigenvalue weighted by Gasteiger charge is -2.15. The lowest BCUT2D eigenvalue weighted by atomic mass is 10.2. The van der Waals surface area contributed by atoms with E-state index in [0.717, 1.165) is 16.8 Å². The van der Waals surface area contributed by atoms with Crippen LogP contribution in [0.5, 0.6) is 0 Å². The van der Waals surface area contributed by atoms with Crippen LogP contribution in [0, 0.1) is 5.82 Å². The Bertz CT molecular complexity index is 943. The smallest absolute Gasteiger partial charge is 0.226 e. The van der Waals surface area contributed by atoms with E-state index in [0.29, 0.717) is 30.6 Å². The Morgan fingerprint density at radius 2 is 1.83 bits per heavy atom. The Balaban J connectivity index is 0.00000300. The molecule has 0 aliphatic carbocycles. The van der Waals surface area contributed by atoms with Crippen molar-refractivity contribution in [3.8, 4) is 11.5 Å². The molecule has 2 N–H and O–H groups in total. The lowest BCUT2D eigenvalue weighted by molar-refractivity contribution is 0.572. The summed E-state index contributed by atoms with van der Waals surface area (Å²) in [4.78, 5) is 10.4. The maximum Gasteiger partial charge on any atom is 0.226 e. The Kier molecular flexibility index (Phi) is 8.44. The SMILES string of the molecule is CN=C(NCc1ccc(N(C)C)c(F)c1)NCc1coc(-c2ccccc2)n1.I. The van der Waals surface area contributed by atoms with Gasteiger partial charge in [0, 0.05) is 33.3 Å². The molecule has 3 rings (SSSR count). The van der Waals surface area contributed by atoms with Gasteiger partial charge in [-0.2, -0.15) is 0 Å². The molecular formula is C21H25FIN5O. The fraction of sp³-hybridized carbons (Fsp3) is 0.238. The van der Waals surface area contributed by atoms with Crippen molar-refractivity contribution >= 4 is 35.6 Å². The number of guanidine groups is 1. The molecular weight excluding hydrogens is 484 g/mol. The minimum Gasteiger partial charge on any atom is -0.444 e. The zero-order valence-electron chi connectivity index (χ0n) is 16.6. The summed E-state index contributed by atoms with van der Waals surface area (Å²) in [5, 5.41) is 6.35. The minimum absolute atomic E-state index is 0. The van der Waals surface area contributed by atoms with Crippen LogP contribution in [0.3, 0.4) is 0 Å². The number of anilines is 1. The largest absolute Gasteiger partial charge is 0.444 e. The summed E-state index contributed by atoms with van der Waals surface area (Å²) in [5.74, 6) is 0.932. The van der Waals surface area contributed by atoms with Gasteiger partial charge in [-0.15, -0.1) is 24.0 Å². The summed E-state index contributed by atoms with van der Waals surface area (Å²) in [7, 11) is 5.31. The molecule has 0 atom stereocenters. The van der Waals surface area contributed by atoms with E-state index in [4.69, 9.17) is 4.42 Å². The molecule has 0 radical (unpaired) electrons. The maximum absolute atomic E-state index is 14.1. The Morgan fingerprint density at radius 1 is 1.10 bits per heavy atom. The quantitative estimate of drug-likeness (QED) is 0.299. The van der Waals surface area contributed by atoms with E-state index in [1.54, 1.807) is 24.3 Å². The zero-order valence-corrected chi connectivity index (χ0v) is 19.0. The van der Waals surface area contributed by atoms with E-state index in [1.165, 1.54) is 6.07 Å². The molecule has 154 valence electrons. The van der Waals surface area contributed by atoms with E-state index in [9.17, 15) is 4.39 Å². The number of aromatic nitrogens is 1. The summed E-state index contributed by atoms with van der Waals surface area (Å²) < 4.78 is 19.6. The normalized spacial score (nSPS) is 11.0. The van der Waals surface area contributed by atoms with Crippen molar-refractivity contribution in [1.29, 1.82) is 0 Å². The average Bonchev–Trinajstić information content (AvgIpc) is 3.17. The monoisotopic (exact) mass is 509 g/mol. The molecule has 6 nitrogen and oxygen atoms in total. The molecule has 1 heterocycles. The fourth-order valence-electron chi connectivity index (χ4n) is 2.71. The van der Waals surface area contributed by atoms with Crippen molar-refractivity contribution in [2.75, 3.05) is 26.0 Å².